The topological polar surface area (TPSA) is 43.6 Å². The summed E-state index contributed by atoms with van der Waals surface area (Å²) >= 11 is 0. The van der Waals surface area contributed by atoms with Gasteiger partial charge < -0.3 is 15.3 Å². The average Bonchev–Trinajstić information content (AvgIpc) is 3.31. The minimum absolute atomic E-state index is 0.390. The third-order valence-corrected chi connectivity index (χ3v) is 4.87. The fraction of sp³-hybridized carbons (Fsp3) is 0.100. The van der Waals surface area contributed by atoms with Gasteiger partial charge in [0.05, 0.1) is 0 Å². The van der Waals surface area contributed by atoms with Crippen molar-refractivity contribution in [3.05, 3.63) is 78.2 Å². The molecule has 0 aliphatic carbocycles. The molecule has 1 aliphatic heterocycles. The van der Waals surface area contributed by atoms with Crippen molar-refractivity contribution in [3.63, 3.8) is 0 Å². The quantitative estimate of drug-likeness (QED) is 0.492. The summed E-state index contributed by atoms with van der Waals surface area (Å²) in [5, 5.41) is 4.80. The Hall–Kier alpha value is -2.94. The first kappa shape index (κ1) is 12.6. The molecular formula is C20H17N3. The smallest absolute Gasteiger partial charge is 0.0460 e. The first-order valence-corrected chi connectivity index (χ1v) is 7.98. The Morgan fingerprint density at radius 1 is 0.783 bits per heavy atom. The fourth-order valence-corrected chi connectivity index (χ4v) is 3.75. The van der Waals surface area contributed by atoms with E-state index in [1.165, 1.54) is 38.8 Å². The number of aromatic amines is 2. The fourth-order valence-electron chi connectivity index (χ4n) is 3.75. The first-order chi connectivity index (χ1) is 11.4. The second-order valence-electron chi connectivity index (χ2n) is 6.09. The largest absolute Gasteiger partial charge is 0.384 e. The summed E-state index contributed by atoms with van der Waals surface area (Å²) < 4.78 is 0. The Morgan fingerprint density at radius 3 is 2.65 bits per heavy atom. The number of fused-ring (bicyclic) bond motifs is 2. The van der Waals surface area contributed by atoms with Crippen LogP contribution in [0.2, 0.25) is 0 Å². The molecule has 1 unspecified atom stereocenters. The number of rotatable bonds is 2. The predicted octanol–water partition coefficient (Wildman–Crippen LogP) is 4.72. The summed E-state index contributed by atoms with van der Waals surface area (Å²) in [6.45, 7) is 0.951. The minimum atomic E-state index is 0.390. The molecule has 4 aromatic rings. The Bertz CT molecular complexity index is 993. The molecule has 3 heterocycles. The summed E-state index contributed by atoms with van der Waals surface area (Å²) in [4.78, 5) is 6.70. The standard InChI is InChI=1S/C20H17N3/c1-3-7-19-13(5-1)17(11-22-19)15-9-21-10-16(15)18-12-23-20-8-4-2-6-14(18)20/h1-11,18,21-23H,12H2. The highest BCUT2D eigenvalue weighted by Gasteiger charge is 2.26. The van der Waals surface area contributed by atoms with Crippen LogP contribution in [-0.4, -0.2) is 16.5 Å². The zero-order valence-electron chi connectivity index (χ0n) is 12.6. The van der Waals surface area contributed by atoms with Crippen molar-refractivity contribution >= 4 is 16.6 Å². The van der Waals surface area contributed by atoms with Gasteiger partial charge in [-0.15, -0.1) is 0 Å². The van der Waals surface area contributed by atoms with Gasteiger partial charge in [0.15, 0.2) is 0 Å². The van der Waals surface area contributed by atoms with Crippen molar-refractivity contribution in [2.75, 3.05) is 11.9 Å². The maximum absolute atomic E-state index is 3.53. The highest BCUT2D eigenvalue weighted by atomic mass is 14.9. The van der Waals surface area contributed by atoms with E-state index in [1.54, 1.807) is 0 Å². The van der Waals surface area contributed by atoms with E-state index in [1.807, 2.05) is 0 Å². The van der Waals surface area contributed by atoms with Gasteiger partial charge in [0, 0.05) is 58.8 Å². The van der Waals surface area contributed by atoms with E-state index in [9.17, 15) is 0 Å². The minimum Gasteiger partial charge on any atom is -0.384 e. The van der Waals surface area contributed by atoms with Crippen LogP contribution in [-0.2, 0) is 0 Å². The Balaban J connectivity index is 1.67. The SMILES string of the molecule is c1ccc2c(c1)NCC2c1c[nH]cc1-c1c[nH]c2ccccc12. The van der Waals surface area contributed by atoms with Gasteiger partial charge in [-0.3, -0.25) is 0 Å². The van der Waals surface area contributed by atoms with Gasteiger partial charge in [-0.2, -0.15) is 0 Å². The van der Waals surface area contributed by atoms with Crippen LogP contribution in [0.15, 0.2) is 67.1 Å². The van der Waals surface area contributed by atoms with Crippen LogP contribution in [0.25, 0.3) is 22.0 Å². The van der Waals surface area contributed by atoms with Crippen LogP contribution in [0.4, 0.5) is 5.69 Å². The molecule has 23 heavy (non-hydrogen) atoms. The monoisotopic (exact) mass is 299 g/mol. The molecule has 112 valence electrons. The predicted molar refractivity (Wildman–Crippen MR) is 94.9 cm³/mol. The second kappa shape index (κ2) is 4.78. The van der Waals surface area contributed by atoms with Crippen molar-refractivity contribution in [2.24, 2.45) is 0 Å². The van der Waals surface area contributed by atoms with Crippen LogP contribution in [0, 0.1) is 0 Å². The van der Waals surface area contributed by atoms with Crippen molar-refractivity contribution in [3.8, 4) is 11.1 Å². The van der Waals surface area contributed by atoms with E-state index in [0.717, 1.165) is 6.54 Å². The Kier molecular flexibility index (Phi) is 2.62. The number of anilines is 1. The normalized spacial score (nSPS) is 16.4. The Labute approximate surface area is 134 Å². The highest BCUT2D eigenvalue weighted by Crippen LogP contribution is 2.41. The number of benzene rings is 2. The van der Waals surface area contributed by atoms with Crippen molar-refractivity contribution < 1.29 is 0 Å². The molecule has 2 aromatic heterocycles. The summed E-state index contributed by atoms with van der Waals surface area (Å²) in [5.74, 6) is 0.390. The van der Waals surface area contributed by atoms with Crippen LogP contribution in [0.1, 0.15) is 17.0 Å². The molecule has 5 rings (SSSR count). The molecule has 2 aromatic carbocycles. The number of hydrogen-bond donors (Lipinski definition) is 3. The number of nitrogens with one attached hydrogen (secondary N) is 3. The lowest BCUT2D eigenvalue weighted by Gasteiger charge is -2.11. The zero-order chi connectivity index (χ0) is 15.2. The van der Waals surface area contributed by atoms with Gasteiger partial charge in [0.25, 0.3) is 0 Å². The first-order valence-electron chi connectivity index (χ1n) is 7.98. The molecule has 3 nitrogen and oxygen atoms in total. The third kappa shape index (κ3) is 1.83. The van der Waals surface area contributed by atoms with Crippen LogP contribution >= 0.6 is 0 Å². The zero-order valence-corrected chi connectivity index (χ0v) is 12.6. The van der Waals surface area contributed by atoms with E-state index < -0.39 is 0 Å². The molecule has 0 radical (unpaired) electrons. The molecule has 0 fully saturated rings. The maximum Gasteiger partial charge on any atom is 0.0460 e. The molecule has 0 amide bonds. The molecule has 0 saturated heterocycles. The molecule has 1 atom stereocenters. The lowest BCUT2D eigenvalue weighted by molar-refractivity contribution is 0.911. The van der Waals surface area contributed by atoms with E-state index in [4.69, 9.17) is 0 Å². The van der Waals surface area contributed by atoms with Crippen molar-refractivity contribution in [1.29, 1.82) is 0 Å². The van der Waals surface area contributed by atoms with E-state index in [2.05, 4.69) is 82.4 Å². The van der Waals surface area contributed by atoms with Crippen molar-refractivity contribution in [2.45, 2.75) is 5.92 Å². The van der Waals surface area contributed by atoms with Gasteiger partial charge >= 0.3 is 0 Å². The molecule has 3 heteroatoms. The third-order valence-electron chi connectivity index (χ3n) is 4.87. The second-order valence-corrected chi connectivity index (χ2v) is 6.09. The maximum atomic E-state index is 3.53. The molecule has 0 bridgehead atoms. The summed E-state index contributed by atoms with van der Waals surface area (Å²) in [6.07, 6.45) is 6.38. The molecule has 1 aliphatic rings. The summed E-state index contributed by atoms with van der Waals surface area (Å²) in [6, 6.07) is 17.1. The van der Waals surface area contributed by atoms with Gasteiger partial charge in [-0.25, -0.2) is 0 Å². The van der Waals surface area contributed by atoms with Gasteiger partial charge in [0.2, 0.25) is 0 Å². The molecule has 3 N–H and O–H groups in total. The van der Waals surface area contributed by atoms with Crippen molar-refractivity contribution in [1.82, 2.24) is 9.97 Å². The molecular weight excluding hydrogens is 282 g/mol. The number of H-pyrrole nitrogens is 2. The van der Waals surface area contributed by atoms with Crippen LogP contribution in [0.3, 0.4) is 0 Å². The van der Waals surface area contributed by atoms with Gasteiger partial charge in [-0.1, -0.05) is 36.4 Å². The number of aromatic nitrogens is 2. The van der Waals surface area contributed by atoms with Crippen LogP contribution < -0.4 is 5.32 Å². The lowest BCUT2D eigenvalue weighted by Crippen LogP contribution is -2.03. The average molecular weight is 299 g/mol. The molecule has 0 saturated carbocycles. The lowest BCUT2D eigenvalue weighted by atomic mass is 9.90. The summed E-state index contributed by atoms with van der Waals surface area (Å²) in [5.41, 5.74) is 7.72. The van der Waals surface area contributed by atoms with E-state index in [-0.39, 0.29) is 0 Å². The number of para-hydroxylation sites is 2. The van der Waals surface area contributed by atoms with Gasteiger partial charge in [-0.05, 0) is 23.3 Å². The van der Waals surface area contributed by atoms with Gasteiger partial charge in [0.1, 0.15) is 0 Å². The molecule has 0 spiro atoms. The van der Waals surface area contributed by atoms with Crippen LogP contribution in [0.5, 0.6) is 0 Å². The number of hydrogen-bond acceptors (Lipinski definition) is 1. The van der Waals surface area contributed by atoms with E-state index >= 15 is 0 Å². The highest BCUT2D eigenvalue weighted by molar-refractivity contribution is 5.96. The Morgan fingerprint density at radius 2 is 1.65 bits per heavy atom. The van der Waals surface area contributed by atoms with E-state index in [0.29, 0.717) is 5.92 Å². The summed E-state index contributed by atoms with van der Waals surface area (Å²) in [7, 11) is 0.